The van der Waals surface area contributed by atoms with Crippen LogP contribution in [0.25, 0.3) is 0 Å². The van der Waals surface area contributed by atoms with Crippen molar-refractivity contribution >= 4 is 22.0 Å². The van der Waals surface area contributed by atoms with E-state index in [1.54, 1.807) is 0 Å². The predicted octanol–water partition coefficient (Wildman–Crippen LogP) is 4.34. The van der Waals surface area contributed by atoms with E-state index < -0.39 is 5.60 Å². The Morgan fingerprint density at radius 2 is 2.00 bits per heavy atom. The van der Waals surface area contributed by atoms with Crippen molar-refractivity contribution in [2.75, 3.05) is 19.6 Å². The number of benzene rings is 1. The van der Waals surface area contributed by atoms with Crippen molar-refractivity contribution in [1.29, 1.82) is 0 Å². The quantitative estimate of drug-likeness (QED) is 0.747. The van der Waals surface area contributed by atoms with Gasteiger partial charge in [0.2, 0.25) is 0 Å². The van der Waals surface area contributed by atoms with Crippen molar-refractivity contribution in [2.45, 2.75) is 58.2 Å². The predicted molar refractivity (Wildman–Crippen MR) is 99.1 cm³/mol. The molecule has 132 valence electrons. The maximum Gasteiger partial charge on any atom is 0.410 e. The van der Waals surface area contributed by atoms with Crippen LogP contribution in [0.1, 0.15) is 44.7 Å². The monoisotopic (exact) mass is 394 g/mol. The summed E-state index contributed by atoms with van der Waals surface area (Å²) in [6, 6.07) is 6.56. The van der Waals surface area contributed by atoms with Crippen LogP contribution < -0.4 is 0 Å². The van der Waals surface area contributed by atoms with Crippen LogP contribution in [0.3, 0.4) is 0 Å². The fourth-order valence-electron chi connectivity index (χ4n) is 3.39. The summed E-state index contributed by atoms with van der Waals surface area (Å²) < 4.78 is 6.70. The van der Waals surface area contributed by atoms with Crippen LogP contribution >= 0.6 is 15.9 Å². The minimum absolute atomic E-state index is 0.163. The standard InChI is InChI=1S/C19H27BrN2O2/c1-14-11-15(5-6-16(14)20)12-22-10-9-21(13-19(22)7-8-19)17(23)24-18(2,3)4/h5-6,11H,7-10,12-13H2,1-4H3. The summed E-state index contributed by atoms with van der Waals surface area (Å²) in [5.41, 5.74) is 2.34. The van der Waals surface area contributed by atoms with E-state index in [1.165, 1.54) is 24.0 Å². The molecule has 1 saturated carbocycles. The Hall–Kier alpha value is -1.07. The molecule has 1 aromatic rings. The first-order chi connectivity index (χ1) is 11.2. The molecule has 0 atom stereocenters. The Labute approximate surface area is 153 Å². The molecule has 0 aromatic heterocycles. The Morgan fingerprint density at radius 3 is 2.58 bits per heavy atom. The second-order valence-corrected chi connectivity index (χ2v) is 8.99. The molecule has 1 heterocycles. The van der Waals surface area contributed by atoms with Gasteiger partial charge in [0, 0.05) is 36.2 Å². The second kappa shape index (κ2) is 6.34. The fraction of sp³-hybridized carbons (Fsp3) is 0.632. The average molecular weight is 395 g/mol. The highest BCUT2D eigenvalue weighted by atomic mass is 79.9. The number of hydrogen-bond acceptors (Lipinski definition) is 3. The average Bonchev–Trinajstić information content (AvgIpc) is 3.23. The van der Waals surface area contributed by atoms with Crippen LogP contribution in [0.15, 0.2) is 22.7 Å². The van der Waals surface area contributed by atoms with Gasteiger partial charge in [0.05, 0.1) is 0 Å². The number of piperazine rings is 1. The zero-order valence-electron chi connectivity index (χ0n) is 15.1. The van der Waals surface area contributed by atoms with Gasteiger partial charge in [-0.3, -0.25) is 4.90 Å². The number of hydrogen-bond donors (Lipinski definition) is 0. The first-order valence-corrected chi connectivity index (χ1v) is 9.46. The number of carbonyl (C=O) groups excluding carboxylic acids is 1. The van der Waals surface area contributed by atoms with Crippen LogP contribution in [-0.4, -0.2) is 46.7 Å². The lowest BCUT2D eigenvalue weighted by Gasteiger charge is -2.42. The molecule has 2 fully saturated rings. The molecule has 2 aliphatic rings. The van der Waals surface area contributed by atoms with E-state index in [4.69, 9.17) is 4.74 Å². The molecule has 0 N–H and O–H groups in total. The van der Waals surface area contributed by atoms with E-state index in [0.29, 0.717) is 0 Å². The highest BCUT2D eigenvalue weighted by Gasteiger charge is 2.52. The summed E-state index contributed by atoms with van der Waals surface area (Å²) >= 11 is 3.57. The van der Waals surface area contributed by atoms with E-state index >= 15 is 0 Å². The molecule has 0 unspecified atom stereocenters. The molecule has 1 amide bonds. The first kappa shape index (κ1) is 17.7. The van der Waals surface area contributed by atoms with Gasteiger partial charge < -0.3 is 9.64 Å². The van der Waals surface area contributed by atoms with E-state index in [1.807, 2.05) is 25.7 Å². The zero-order chi connectivity index (χ0) is 17.5. The number of halogens is 1. The summed E-state index contributed by atoms with van der Waals surface area (Å²) in [6.07, 6.45) is 2.16. The summed E-state index contributed by atoms with van der Waals surface area (Å²) in [6.45, 7) is 11.3. The molecular weight excluding hydrogens is 368 g/mol. The number of nitrogens with zero attached hydrogens (tertiary/aromatic N) is 2. The summed E-state index contributed by atoms with van der Waals surface area (Å²) in [5.74, 6) is 0. The van der Waals surface area contributed by atoms with Crippen LogP contribution in [0.2, 0.25) is 0 Å². The van der Waals surface area contributed by atoms with Gasteiger partial charge in [-0.2, -0.15) is 0 Å². The van der Waals surface area contributed by atoms with Crippen LogP contribution in [0, 0.1) is 6.92 Å². The van der Waals surface area contributed by atoms with Crippen molar-refractivity contribution < 1.29 is 9.53 Å². The van der Waals surface area contributed by atoms with Gasteiger partial charge in [-0.15, -0.1) is 0 Å². The number of ether oxygens (including phenoxy) is 1. The third kappa shape index (κ3) is 3.94. The van der Waals surface area contributed by atoms with Crippen LogP contribution in [0.5, 0.6) is 0 Å². The molecule has 1 aromatic carbocycles. The van der Waals surface area contributed by atoms with E-state index in [2.05, 4.69) is 46.0 Å². The summed E-state index contributed by atoms with van der Waals surface area (Å²) in [5, 5.41) is 0. The summed E-state index contributed by atoms with van der Waals surface area (Å²) in [4.78, 5) is 16.8. The SMILES string of the molecule is Cc1cc(CN2CCN(C(=O)OC(C)(C)C)CC23CC3)ccc1Br. The van der Waals surface area contributed by atoms with E-state index in [9.17, 15) is 4.79 Å². The van der Waals surface area contributed by atoms with Gasteiger partial charge in [0.15, 0.2) is 0 Å². The minimum atomic E-state index is -0.431. The highest BCUT2D eigenvalue weighted by Crippen LogP contribution is 2.45. The molecule has 5 heteroatoms. The van der Waals surface area contributed by atoms with Gasteiger partial charge in [-0.1, -0.05) is 28.1 Å². The van der Waals surface area contributed by atoms with Crippen molar-refractivity contribution in [3.63, 3.8) is 0 Å². The molecule has 1 aliphatic heterocycles. The molecule has 0 radical (unpaired) electrons. The Balaban J connectivity index is 1.65. The number of aryl methyl sites for hydroxylation is 1. The fourth-order valence-corrected chi connectivity index (χ4v) is 3.63. The second-order valence-electron chi connectivity index (χ2n) is 8.13. The van der Waals surface area contributed by atoms with Gasteiger partial charge in [-0.05, 0) is 57.7 Å². The molecule has 0 bridgehead atoms. The van der Waals surface area contributed by atoms with Crippen molar-refractivity contribution in [2.24, 2.45) is 0 Å². The lowest BCUT2D eigenvalue weighted by atomic mass is 10.1. The topological polar surface area (TPSA) is 32.8 Å². The van der Waals surface area contributed by atoms with E-state index in [0.717, 1.165) is 30.7 Å². The molecule has 24 heavy (non-hydrogen) atoms. The smallest absolute Gasteiger partial charge is 0.410 e. The van der Waals surface area contributed by atoms with Gasteiger partial charge >= 0.3 is 6.09 Å². The minimum Gasteiger partial charge on any atom is -0.444 e. The Bertz CT molecular complexity index is 635. The molecule has 4 nitrogen and oxygen atoms in total. The normalized spacial score (nSPS) is 20.3. The highest BCUT2D eigenvalue weighted by molar-refractivity contribution is 9.10. The van der Waals surface area contributed by atoms with Crippen LogP contribution in [-0.2, 0) is 11.3 Å². The zero-order valence-corrected chi connectivity index (χ0v) is 16.6. The Kier molecular flexibility index (Phi) is 4.69. The first-order valence-electron chi connectivity index (χ1n) is 8.67. The maximum absolute atomic E-state index is 12.4. The largest absolute Gasteiger partial charge is 0.444 e. The lowest BCUT2D eigenvalue weighted by molar-refractivity contribution is -0.00238. The summed E-state index contributed by atoms with van der Waals surface area (Å²) in [7, 11) is 0. The van der Waals surface area contributed by atoms with Crippen molar-refractivity contribution in [3.05, 3.63) is 33.8 Å². The Morgan fingerprint density at radius 1 is 1.29 bits per heavy atom. The van der Waals surface area contributed by atoms with Gasteiger partial charge in [0.25, 0.3) is 0 Å². The third-order valence-electron chi connectivity index (χ3n) is 4.87. The van der Waals surface area contributed by atoms with Crippen LogP contribution in [0.4, 0.5) is 4.79 Å². The number of amides is 1. The molecule has 1 aliphatic carbocycles. The van der Waals surface area contributed by atoms with Gasteiger partial charge in [-0.25, -0.2) is 4.79 Å². The number of rotatable bonds is 2. The number of carbonyl (C=O) groups is 1. The molecule has 1 saturated heterocycles. The molecular formula is C19H27BrN2O2. The van der Waals surface area contributed by atoms with Crippen molar-refractivity contribution in [1.82, 2.24) is 9.80 Å². The molecule has 3 rings (SSSR count). The molecule has 1 spiro atoms. The van der Waals surface area contributed by atoms with E-state index in [-0.39, 0.29) is 11.6 Å². The van der Waals surface area contributed by atoms with Gasteiger partial charge in [0.1, 0.15) is 5.60 Å². The maximum atomic E-state index is 12.4. The lowest BCUT2D eigenvalue weighted by Crippen LogP contribution is -2.56. The third-order valence-corrected chi connectivity index (χ3v) is 5.76. The van der Waals surface area contributed by atoms with Crippen molar-refractivity contribution in [3.8, 4) is 0 Å².